The van der Waals surface area contributed by atoms with Gasteiger partial charge in [-0.15, -0.1) is 0 Å². The first-order valence-corrected chi connectivity index (χ1v) is 15.4. The summed E-state index contributed by atoms with van der Waals surface area (Å²) in [5.74, 6) is 0. The lowest BCUT2D eigenvalue weighted by Gasteiger charge is -2.09. The van der Waals surface area contributed by atoms with Gasteiger partial charge in [0.25, 0.3) is 0 Å². The van der Waals surface area contributed by atoms with Gasteiger partial charge in [-0.3, -0.25) is 0 Å². The zero-order chi connectivity index (χ0) is 29.5. The Bertz CT molecular complexity index is 2730. The zero-order valence-electron chi connectivity index (χ0n) is 24.3. The van der Waals surface area contributed by atoms with Crippen molar-refractivity contribution in [3.63, 3.8) is 0 Å². The first-order valence-electron chi connectivity index (χ1n) is 15.4. The second-order valence-electron chi connectivity index (χ2n) is 11.7. The fourth-order valence-electron chi connectivity index (χ4n) is 7.40. The van der Waals surface area contributed by atoms with Crippen molar-refractivity contribution in [2.75, 3.05) is 0 Å². The maximum absolute atomic E-state index is 6.84. The minimum Gasteiger partial charge on any atom is -0.455 e. The molecule has 10 aromatic rings. The summed E-state index contributed by atoms with van der Waals surface area (Å²) < 4.78 is 11.6. The van der Waals surface area contributed by atoms with Crippen molar-refractivity contribution in [1.82, 2.24) is 9.13 Å². The molecule has 3 heteroatoms. The molecule has 0 N–H and O–H groups in total. The van der Waals surface area contributed by atoms with E-state index in [-0.39, 0.29) is 0 Å². The van der Waals surface area contributed by atoms with Gasteiger partial charge in [-0.25, -0.2) is 0 Å². The van der Waals surface area contributed by atoms with Crippen LogP contribution in [0.1, 0.15) is 0 Å². The van der Waals surface area contributed by atoms with Crippen LogP contribution in [0.5, 0.6) is 0 Å². The molecule has 0 saturated carbocycles. The van der Waals surface area contributed by atoms with E-state index >= 15 is 0 Å². The third kappa shape index (κ3) is 3.41. The third-order valence-corrected chi connectivity index (χ3v) is 9.32. The SMILES string of the molecule is c1ccc(-c2ccc(-n3c4ccccc4c4c5c(ccc43)oc3c5ccc4c3c3ccccc3n4-c3ccccc3)cc2)cc1. The Kier molecular flexibility index (Phi) is 5.00. The highest BCUT2D eigenvalue weighted by Gasteiger charge is 2.22. The lowest BCUT2D eigenvalue weighted by atomic mass is 10.0. The molecule has 10 rings (SSSR count). The maximum atomic E-state index is 6.84. The molecule has 0 aliphatic heterocycles. The van der Waals surface area contributed by atoms with Crippen molar-refractivity contribution in [2.24, 2.45) is 0 Å². The summed E-state index contributed by atoms with van der Waals surface area (Å²) in [6.07, 6.45) is 0. The monoisotopic (exact) mass is 574 g/mol. The summed E-state index contributed by atoms with van der Waals surface area (Å²) in [7, 11) is 0. The molecule has 0 amide bonds. The Morgan fingerprint density at radius 3 is 1.58 bits per heavy atom. The van der Waals surface area contributed by atoms with Gasteiger partial charge < -0.3 is 13.6 Å². The molecule has 0 atom stereocenters. The summed E-state index contributed by atoms with van der Waals surface area (Å²) in [5, 5.41) is 7.09. The first kappa shape index (κ1) is 24.4. The van der Waals surface area contributed by atoms with E-state index in [9.17, 15) is 0 Å². The highest BCUT2D eigenvalue weighted by molar-refractivity contribution is 6.31. The largest absolute Gasteiger partial charge is 0.455 e. The maximum Gasteiger partial charge on any atom is 0.145 e. The molecule has 0 radical (unpaired) electrons. The number of nitrogens with zero attached hydrogens (tertiary/aromatic N) is 2. The van der Waals surface area contributed by atoms with E-state index in [1.807, 2.05) is 0 Å². The summed E-state index contributed by atoms with van der Waals surface area (Å²) in [5.41, 5.74) is 11.2. The van der Waals surface area contributed by atoms with Crippen molar-refractivity contribution in [1.29, 1.82) is 0 Å². The molecule has 0 fully saturated rings. The van der Waals surface area contributed by atoms with Gasteiger partial charge in [0.05, 0.1) is 27.5 Å². The third-order valence-electron chi connectivity index (χ3n) is 9.32. The van der Waals surface area contributed by atoms with Crippen LogP contribution in [0, 0.1) is 0 Å². The molecule has 3 heterocycles. The van der Waals surface area contributed by atoms with Crippen molar-refractivity contribution in [2.45, 2.75) is 0 Å². The van der Waals surface area contributed by atoms with Crippen LogP contribution in [0.4, 0.5) is 0 Å². The van der Waals surface area contributed by atoms with Gasteiger partial charge in [-0.2, -0.15) is 0 Å². The predicted molar refractivity (Wildman–Crippen MR) is 188 cm³/mol. The van der Waals surface area contributed by atoms with Gasteiger partial charge in [0.2, 0.25) is 0 Å². The van der Waals surface area contributed by atoms with Gasteiger partial charge in [0.1, 0.15) is 11.2 Å². The zero-order valence-corrected chi connectivity index (χ0v) is 24.3. The number of furan rings is 1. The van der Waals surface area contributed by atoms with Gasteiger partial charge in [-0.05, 0) is 71.8 Å². The van der Waals surface area contributed by atoms with Crippen molar-refractivity contribution < 1.29 is 4.42 Å². The van der Waals surface area contributed by atoms with Crippen LogP contribution in [0.25, 0.3) is 88.1 Å². The molecule has 3 nitrogen and oxygen atoms in total. The quantitative estimate of drug-likeness (QED) is 0.206. The van der Waals surface area contributed by atoms with Crippen LogP contribution in [0.3, 0.4) is 0 Å². The Balaban J connectivity index is 1.28. The minimum atomic E-state index is 0.906. The standard InChI is InChI=1S/C42H26N2O/c1-3-11-27(12-4-1)28-19-21-30(22-20-28)44-34-17-9-7-15-31(34)39-36(44)25-26-38-41(39)33-23-24-37-40(42(33)45-38)32-16-8-10-18-35(32)43(37)29-13-5-2-6-14-29/h1-26H. The summed E-state index contributed by atoms with van der Waals surface area (Å²) in [6.45, 7) is 0. The number of rotatable bonds is 3. The van der Waals surface area contributed by atoms with E-state index in [1.54, 1.807) is 0 Å². The van der Waals surface area contributed by atoms with Gasteiger partial charge in [-0.1, -0.05) is 97.1 Å². The summed E-state index contributed by atoms with van der Waals surface area (Å²) in [4.78, 5) is 0. The molecule has 0 aliphatic carbocycles. The van der Waals surface area contributed by atoms with Gasteiger partial charge in [0, 0.05) is 38.3 Å². The van der Waals surface area contributed by atoms with E-state index in [0.717, 1.165) is 44.2 Å². The predicted octanol–water partition coefficient (Wildman–Crippen LogP) is 11.4. The Morgan fingerprint density at radius 2 is 0.867 bits per heavy atom. The van der Waals surface area contributed by atoms with Gasteiger partial charge >= 0.3 is 0 Å². The number of aromatic nitrogens is 2. The number of hydrogen-bond acceptors (Lipinski definition) is 1. The Morgan fingerprint density at radius 1 is 0.333 bits per heavy atom. The second-order valence-corrected chi connectivity index (χ2v) is 11.7. The van der Waals surface area contributed by atoms with Crippen LogP contribution >= 0.6 is 0 Å². The van der Waals surface area contributed by atoms with Crippen molar-refractivity contribution >= 4 is 65.6 Å². The highest BCUT2D eigenvalue weighted by Crippen LogP contribution is 2.45. The Labute approximate surface area is 258 Å². The number of hydrogen-bond donors (Lipinski definition) is 0. The highest BCUT2D eigenvalue weighted by atomic mass is 16.3. The molecule has 0 unspecified atom stereocenters. The molecular weight excluding hydrogens is 548 g/mol. The van der Waals surface area contributed by atoms with Gasteiger partial charge in [0.15, 0.2) is 0 Å². The van der Waals surface area contributed by atoms with Crippen molar-refractivity contribution in [3.8, 4) is 22.5 Å². The molecule has 7 aromatic carbocycles. The van der Waals surface area contributed by atoms with E-state index in [2.05, 4.69) is 167 Å². The van der Waals surface area contributed by atoms with Crippen molar-refractivity contribution in [3.05, 3.63) is 158 Å². The lowest BCUT2D eigenvalue weighted by Crippen LogP contribution is -1.93. The molecule has 0 spiro atoms. The van der Waals surface area contributed by atoms with Crippen LogP contribution in [0.15, 0.2) is 162 Å². The molecule has 0 aliphatic rings. The average Bonchev–Trinajstić information content (AvgIpc) is 3.76. The molecule has 3 aromatic heterocycles. The molecule has 210 valence electrons. The number of fused-ring (bicyclic) bond motifs is 11. The molecule has 0 saturated heterocycles. The molecule has 45 heavy (non-hydrogen) atoms. The van der Waals surface area contributed by atoms with Crippen LogP contribution in [-0.4, -0.2) is 9.13 Å². The van der Waals surface area contributed by atoms with Crippen LogP contribution in [0.2, 0.25) is 0 Å². The second kappa shape index (κ2) is 9.22. The van der Waals surface area contributed by atoms with E-state index in [0.29, 0.717) is 0 Å². The first-order chi connectivity index (χ1) is 22.3. The Hall–Kier alpha value is -6.06. The van der Waals surface area contributed by atoms with E-state index in [4.69, 9.17) is 4.42 Å². The van der Waals surface area contributed by atoms with Crippen LogP contribution < -0.4 is 0 Å². The topological polar surface area (TPSA) is 23.0 Å². The lowest BCUT2D eigenvalue weighted by molar-refractivity contribution is 0.673. The smallest absolute Gasteiger partial charge is 0.145 e. The fourth-order valence-corrected chi connectivity index (χ4v) is 7.40. The number of para-hydroxylation sites is 3. The average molecular weight is 575 g/mol. The number of benzene rings is 7. The minimum absolute atomic E-state index is 0.906. The normalized spacial score (nSPS) is 12.0. The van der Waals surface area contributed by atoms with Crippen LogP contribution in [-0.2, 0) is 0 Å². The van der Waals surface area contributed by atoms with E-state index < -0.39 is 0 Å². The fraction of sp³-hybridized carbons (Fsp3) is 0. The summed E-state index contributed by atoms with van der Waals surface area (Å²) in [6, 6.07) is 56.3. The summed E-state index contributed by atoms with van der Waals surface area (Å²) >= 11 is 0. The molecule has 0 bridgehead atoms. The molecular formula is C42H26N2O. The van der Waals surface area contributed by atoms with E-state index in [1.165, 1.54) is 43.8 Å².